The van der Waals surface area contributed by atoms with Crippen molar-refractivity contribution in [1.29, 1.82) is 0 Å². The van der Waals surface area contributed by atoms with Gasteiger partial charge in [0.15, 0.2) is 0 Å². The highest BCUT2D eigenvalue weighted by atomic mass is 32.2. The van der Waals surface area contributed by atoms with Crippen LogP contribution in [0.15, 0.2) is 35.3 Å². The van der Waals surface area contributed by atoms with Crippen molar-refractivity contribution in [2.45, 2.75) is 0 Å². The zero-order chi connectivity index (χ0) is 9.52. The summed E-state index contributed by atoms with van der Waals surface area (Å²) in [4.78, 5) is 4.35. The molecular weight excluding hydrogens is 210 g/mol. The van der Waals surface area contributed by atoms with E-state index in [4.69, 9.17) is 0 Å². The first kappa shape index (κ1) is 10.8. The molecule has 6 radical (unpaired) electrons. The molecule has 13 heavy (non-hydrogen) atoms. The van der Waals surface area contributed by atoms with Gasteiger partial charge in [0.25, 0.3) is 0 Å². The SMILES string of the molecule is [Si]C/N=C(\SC[Si])c1ccccc1. The average molecular weight is 219 g/mol. The summed E-state index contributed by atoms with van der Waals surface area (Å²) in [5.74, 6) is 0. The van der Waals surface area contributed by atoms with Gasteiger partial charge in [-0.1, -0.05) is 30.3 Å². The van der Waals surface area contributed by atoms with E-state index in [1.165, 1.54) is 5.56 Å². The van der Waals surface area contributed by atoms with Gasteiger partial charge in [0, 0.05) is 22.0 Å². The van der Waals surface area contributed by atoms with E-state index in [0.29, 0.717) is 6.17 Å². The number of hydrogen-bond donors (Lipinski definition) is 0. The maximum absolute atomic E-state index is 4.35. The molecule has 1 nitrogen and oxygen atoms in total. The Morgan fingerprint density at radius 1 is 1.23 bits per heavy atom. The molecule has 0 amide bonds. The first-order valence-electron chi connectivity index (χ1n) is 3.90. The summed E-state index contributed by atoms with van der Waals surface area (Å²) in [6, 6.07) is 10.2. The number of nitrogens with zero attached hydrogens (tertiary/aromatic N) is 1. The molecule has 0 fully saturated rings. The van der Waals surface area contributed by atoms with Crippen molar-refractivity contribution in [2.75, 3.05) is 11.5 Å². The minimum absolute atomic E-state index is 0.642. The summed E-state index contributed by atoms with van der Waals surface area (Å²) >= 11 is 1.69. The summed E-state index contributed by atoms with van der Waals surface area (Å²) in [7, 11) is 6.78. The van der Waals surface area contributed by atoms with E-state index in [1.54, 1.807) is 11.8 Å². The fourth-order valence-corrected chi connectivity index (χ4v) is 2.22. The van der Waals surface area contributed by atoms with Crippen LogP contribution in [-0.4, -0.2) is 37.1 Å². The van der Waals surface area contributed by atoms with Crippen molar-refractivity contribution in [3.63, 3.8) is 0 Å². The third-order valence-electron chi connectivity index (χ3n) is 1.45. The van der Waals surface area contributed by atoms with Crippen LogP contribution in [0.3, 0.4) is 0 Å². The maximum Gasteiger partial charge on any atom is 0.0969 e. The molecule has 0 unspecified atom stereocenters. The van der Waals surface area contributed by atoms with Crippen LogP contribution in [0.25, 0.3) is 0 Å². The number of hydrogen-bond acceptors (Lipinski definition) is 2. The van der Waals surface area contributed by atoms with Crippen LogP contribution in [0.4, 0.5) is 0 Å². The highest BCUT2D eigenvalue weighted by Gasteiger charge is 2.00. The van der Waals surface area contributed by atoms with Crippen LogP contribution >= 0.6 is 11.8 Å². The molecule has 0 aromatic heterocycles. The lowest BCUT2D eigenvalue weighted by Gasteiger charge is -2.03. The molecule has 0 atom stereocenters. The van der Waals surface area contributed by atoms with Gasteiger partial charge >= 0.3 is 0 Å². The van der Waals surface area contributed by atoms with Gasteiger partial charge < -0.3 is 0 Å². The number of benzene rings is 1. The van der Waals surface area contributed by atoms with E-state index in [-0.39, 0.29) is 0 Å². The van der Waals surface area contributed by atoms with Crippen LogP contribution in [-0.2, 0) is 0 Å². The lowest BCUT2D eigenvalue weighted by molar-refractivity contribution is 1.37. The molecule has 1 rings (SSSR count). The van der Waals surface area contributed by atoms with Crippen molar-refractivity contribution in [2.24, 2.45) is 4.99 Å². The Kier molecular flexibility index (Phi) is 5.11. The zero-order valence-corrected chi connectivity index (χ0v) is 9.97. The molecule has 0 N–H and O–H groups in total. The minimum Gasteiger partial charge on any atom is -0.282 e. The predicted octanol–water partition coefficient (Wildman–Crippen LogP) is 1.42. The minimum atomic E-state index is 0.642. The van der Waals surface area contributed by atoms with Gasteiger partial charge in [-0.25, -0.2) is 0 Å². The van der Waals surface area contributed by atoms with Gasteiger partial charge in [0.05, 0.1) is 15.3 Å². The molecule has 0 spiro atoms. The molecule has 0 aliphatic rings. The van der Waals surface area contributed by atoms with Crippen LogP contribution in [0.2, 0.25) is 0 Å². The predicted molar refractivity (Wildman–Crippen MR) is 61.8 cm³/mol. The molecule has 64 valence electrons. The average Bonchev–Trinajstić information content (AvgIpc) is 2.19. The monoisotopic (exact) mass is 219 g/mol. The van der Waals surface area contributed by atoms with Gasteiger partial charge in [-0.15, -0.1) is 11.8 Å². The first-order chi connectivity index (χ1) is 6.38. The smallest absolute Gasteiger partial charge is 0.0969 e. The molecular formula is C9H9NSSi2. The fraction of sp³-hybridized carbons (Fsp3) is 0.222. The third kappa shape index (κ3) is 3.50. The van der Waals surface area contributed by atoms with Gasteiger partial charge in [-0.2, -0.15) is 0 Å². The second-order valence-electron chi connectivity index (χ2n) is 2.28. The number of rotatable bonds is 3. The van der Waals surface area contributed by atoms with Crippen LogP contribution < -0.4 is 0 Å². The highest BCUT2D eigenvalue weighted by molar-refractivity contribution is 8.15. The van der Waals surface area contributed by atoms with Crippen molar-refractivity contribution in [1.82, 2.24) is 0 Å². The molecule has 0 aliphatic carbocycles. The lowest BCUT2D eigenvalue weighted by atomic mass is 10.2. The van der Waals surface area contributed by atoms with Gasteiger partial charge in [-0.05, 0) is 5.38 Å². The van der Waals surface area contributed by atoms with E-state index >= 15 is 0 Å². The third-order valence-corrected chi connectivity index (χ3v) is 2.83. The standard InChI is InChI=1S/C9H9NSSi2/c12-6-10-9(11-7-13)8-4-2-1-3-5-8/h1-5H,6-7H2/b10-9-. The summed E-state index contributed by atoms with van der Waals surface area (Å²) in [5.41, 5.74) is 1.17. The van der Waals surface area contributed by atoms with Crippen molar-refractivity contribution in [3.8, 4) is 0 Å². The van der Waals surface area contributed by atoms with E-state index in [2.05, 4.69) is 37.6 Å². The Balaban J connectivity index is 2.83. The van der Waals surface area contributed by atoms with E-state index in [0.717, 1.165) is 10.4 Å². The second kappa shape index (κ2) is 6.18. The van der Waals surface area contributed by atoms with Crippen LogP contribution in [0, 0.1) is 0 Å². The quantitative estimate of drug-likeness (QED) is 0.425. The molecule has 0 saturated carbocycles. The normalized spacial score (nSPS) is 11.7. The zero-order valence-electron chi connectivity index (χ0n) is 7.16. The van der Waals surface area contributed by atoms with E-state index in [1.807, 2.05) is 18.2 Å². The molecule has 4 heteroatoms. The first-order valence-corrected chi connectivity index (χ1v) is 6.30. The van der Waals surface area contributed by atoms with Crippen LogP contribution in [0.5, 0.6) is 0 Å². The lowest BCUT2D eigenvalue weighted by Crippen LogP contribution is -1.98. The van der Waals surface area contributed by atoms with Crippen molar-refractivity contribution in [3.05, 3.63) is 35.9 Å². The molecule has 0 bridgehead atoms. The van der Waals surface area contributed by atoms with Crippen LogP contribution in [0.1, 0.15) is 5.56 Å². The van der Waals surface area contributed by atoms with Crippen molar-refractivity contribution < 1.29 is 0 Å². The molecule has 1 aromatic carbocycles. The molecule has 0 heterocycles. The maximum atomic E-state index is 4.35. The topological polar surface area (TPSA) is 12.4 Å². The van der Waals surface area contributed by atoms with Gasteiger partial charge in [-0.3, -0.25) is 4.99 Å². The van der Waals surface area contributed by atoms with Crippen molar-refractivity contribution >= 4 is 37.3 Å². The fourth-order valence-electron chi connectivity index (χ4n) is 0.941. The Morgan fingerprint density at radius 2 is 1.92 bits per heavy atom. The Morgan fingerprint density at radius 3 is 2.46 bits per heavy atom. The summed E-state index contributed by atoms with van der Waals surface area (Å²) in [6.45, 7) is 0. The molecule has 0 saturated heterocycles. The Bertz CT molecular complexity index is 274. The molecule has 1 aromatic rings. The number of aliphatic imine (C=N–C) groups is 1. The summed E-state index contributed by atoms with van der Waals surface area (Å²) < 4.78 is 0. The number of thioether (sulfide) groups is 1. The van der Waals surface area contributed by atoms with E-state index in [9.17, 15) is 0 Å². The molecule has 0 aliphatic heterocycles. The Hall–Kier alpha value is -0.326. The van der Waals surface area contributed by atoms with E-state index < -0.39 is 0 Å². The highest BCUT2D eigenvalue weighted by Crippen LogP contribution is 2.12. The van der Waals surface area contributed by atoms with Gasteiger partial charge in [0.1, 0.15) is 0 Å². The Labute approximate surface area is 89.9 Å². The summed E-state index contributed by atoms with van der Waals surface area (Å²) in [6.07, 6.45) is 0.642. The van der Waals surface area contributed by atoms with Gasteiger partial charge in [0.2, 0.25) is 0 Å². The second-order valence-corrected chi connectivity index (χ2v) is 4.42. The largest absolute Gasteiger partial charge is 0.282 e. The summed E-state index contributed by atoms with van der Waals surface area (Å²) in [5, 5.41) is 1.92.